The minimum absolute atomic E-state index is 0.404. The zero-order chi connectivity index (χ0) is 13.2. The van der Waals surface area contributed by atoms with Crippen LogP contribution in [0.3, 0.4) is 0 Å². The molecule has 0 aliphatic heterocycles. The van der Waals surface area contributed by atoms with E-state index in [0.717, 1.165) is 0 Å². The van der Waals surface area contributed by atoms with Crippen LogP contribution in [-0.2, 0) is 4.79 Å². The second kappa shape index (κ2) is 4.94. The van der Waals surface area contributed by atoms with Gasteiger partial charge in [0.25, 0.3) is 5.91 Å². The van der Waals surface area contributed by atoms with Gasteiger partial charge in [0.05, 0.1) is 12.1 Å². The van der Waals surface area contributed by atoms with Gasteiger partial charge in [-0.3, -0.25) is 4.79 Å². The first kappa shape index (κ1) is 13.8. The van der Waals surface area contributed by atoms with Crippen LogP contribution in [0.4, 0.5) is 5.69 Å². The number of amides is 1. The normalized spacial score (nSPS) is 11.2. The van der Waals surface area contributed by atoms with Crippen LogP contribution in [-0.4, -0.2) is 30.8 Å². The molecule has 1 N–H and O–H groups in total. The first-order valence-electron chi connectivity index (χ1n) is 5.11. The highest BCUT2D eigenvalue weighted by Gasteiger charge is 2.28. The number of halogens is 1. The monoisotopic (exact) mass is 257 g/mol. The number of likely N-dealkylation sites (N-methyl/N-ethyl adjacent to an activating group) is 1. The second-order valence-corrected chi connectivity index (χ2v) is 4.65. The number of benzene rings is 1. The molecule has 0 heterocycles. The van der Waals surface area contributed by atoms with Crippen LogP contribution in [0.25, 0.3) is 0 Å². The topological polar surface area (TPSA) is 49.8 Å². The maximum absolute atomic E-state index is 11.8. The maximum Gasteiger partial charge on any atom is 0.258 e. The molecule has 0 radical (unpaired) electrons. The molecule has 5 heteroatoms. The third kappa shape index (κ3) is 3.11. The number of nitrogens with zero attached hydrogens (tertiary/aromatic N) is 1. The Morgan fingerprint density at radius 2 is 2.06 bits per heavy atom. The Kier molecular flexibility index (Phi) is 4.01. The van der Waals surface area contributed by atoms with Gasteiger partial charge in [-0.05, 0) is 32.0 Å². The van der Waals surface area contributed by atoms with Gasteiger partial charge in [0.15, 0.2) is 0 Å². The molecule has 0 aromatic heterocycles. The molecule has 1 aromatic rings. The van der Waals surface area contributed by atoms with Gasteiger partial charge >= 0.3 is 0 Å². The van der Waals surface area contributed by atoms with Crippen LogP contribution in [0, 0.1) is 0 Å². The summed E-state index contributed by atoms with van der Waals surface area (Å²) >= 11 is 5.97. The zero-order valence-corrected chi connectivity index (χ0v) is 11.1. The molecular weight excluding hydrogens is 242 g/mol. The van der Waals surface area contributed by atoms with Crippen LogP contribution >= 0.6 is 11.6 Å². The van der Waals surface area contributed by atoms with Crippen LogP contribution < -0.4 is 9.64 Å². The van der Waals surface area contributed by atoms with Crippen LogP contribution in [0.1, 0.15) is 13.8 Å². The summed E-state index contributed by atoms with van der Waals surface area (Å²) in [6.07, 6.45) is 0. The number of anilines is 1. The van der Waals surface area contributed by atoms with Crippen molar-refractivity contribution in [3.63, 3.8) is 0 Å². The molecule has 0 unspecified atom stereocenters. The Labute approximate surface area is 106 Å². The minimum Gasteiger partial charge on any atom is -0.495 e. The Morgan fingerprint density at radius 1 is 1.47 bits per heavy atom. The predicted octanol–water partition coefficient (Wildman–Crippen LogP) is 2.08. The van der Waals surface area contributed by atoms with Gasteiger partial charge in [-0.1, -0.05) is 11.6 Å². The van der Waals surface area contributed by atoms with E-state index in [1.807, 2.05) is 0 Å². The fourth-order valence-corrected chi connectivity index (χ4v) is 1.64. The molecule has 0 atom stereocenters. The molecule has 0 saturated carbocycles. The lowest BCUT2D eigenvalue weighted by molar-refractivity contribution is -0.133. The van der Waals surface area contributed by atoms with Gasteiger partial charge < -0.3 is 14.7 Å². The van der Waals surface area contributed by atoms with E-state index in [1.54, 1.807) is 25.2 Å². The number of rotatable bonds is 3. The molecule has 0 aliphatic rings. The average molecular weight is 258 g/mol. The van der Waals surface area contributed by atoms with Crippen LogP contribution in [0.15, 0.2) is 18.2 Å². The fraction of sp³-hybridized carbons (Fsp3) is 0.417. The first-order valence-corrected chi connectivity index (χ1v) is 5.49. The molecule has 0 spiro atoms. The van der Waals surface area contributed by atoms with Gasteiger partial charge in [-0.15, -0.1) is 0 Å². The van der Waals surface area contributed by atoms with Crippen molar-refractivity contribution in [3.05, 3.63) is 23.2 Å². The van der Waals surface area contributed by atoms with E-state index in [0.29, 0.717) is 16.5 Å². The van der Waals surface area contributed by atoms with Gasteiger partial charge in [0.2, 0.25) is 0 Å². The molecule has 0 fully saturated rings. The van der Waals surface area contributed by atoms with Crippen molar-refractivity contribution in [3.8, 4) is 5.75 Å². The van der Waals surface area contributed by atoms with Crippen LogP contribution in [0.2, 0.25) is 5.02 Å². The fourth-order valence-electron chi connectivity index (χ4n) is 1.39. The smallest absolute Gasteiger partial charge is 0.258 e. The first-order chi connectivity index (χ1) is 7.77. The summed E-state index contributed by atoms with van der Waals surface area (Å²) < 4.78 is 5.02. The standard InChI is InChI=1S/C12H16ClNO3/c1-12(2,16)11(15)14(3)8-5-6-10(17-4)9(13)7-8/h5-7,16H,1-4H3. The van der Waals surface area contributed by atoms with E-state index in [9.17, 15) is 9.90 Å². The number of aliphatic hydroxyl groups is 1. The van der Waals surface area contributed by atoms with Gasteiger partial charge in [-0.2, -0.15) is 0 Å². The number of carbonyl (C=O) groups excluding carboxylic acids is 1. The summed E-state index contributed by atoms with van der Waals surface area (Å²) in [5.74, 6) is 0.137. The number of hydrogen-bond donors (Lipinski definition) is 1. The van der Waals surface area contributed by atoms with E-state index < -0.39 is 11.5 Å². The third-order valence-corrected chi connectivity index (χ3v) is 2.65. The van der Waals surface area contributed by atoms with E-state index in [4.69, 9.17) is 16.3 Å². The summed E-state index contributed by atoms with van der Waals surface area (Å²) in [5, 5.41) is 10.1. The second-order valence-electron chi connectivity index (χ2n) is 4.24. The largest absolute Gasteiger partial charge is 0.495 e. The lowest BCUT2D eigenvalue weighted by Gasteiger charge is -2.25. The average Bonchev–Trinajstić information content (AvgIpc) is 2.25. The van der Waals surface area contributed by atoms with E-state index >= 15 is 0 Å². The highest BCUT2D eigenvalue weighted by atomic mass is 35.5. The number of ether oxygens (including phenoxy) is 1. The van der Waals surface area contributed by atoms with Crippen molar-refractivity contribution in [2.45, 2.75) is 19.4 Å². The lowest BCUT2D eigenvalue weighted by Crippen LogP contribution is -2.43. The maximum atomic E-state index is 11.8. The molecule has 0 saturated heterocycles. The van der Waals surface area contributed by atoms with Crippen molar-refractivity contribution >= 4 is 23.2 Å². The molecule has 1 rings (SSSR count). The summed E-state index contributed by atoms with van der Waals surface area (Å²) in [7, 11) is 3.10. The molecule has 17 heavy (non-hydrogen) atoms. The number of carbonyl (C=O) groups is 1. The zero-order valence-electron chi connectivity index (χ0n) is 10.3. The van der Waals surface area contributed by atoms with E-state index in [1.165, 1.54) is 25.9 Å². The van der Waals surface area contributed by atoms with Crippen molar-refractivity contribution in [2.75, 3.05) is 19.1 Å². The predicted molar refractivity (Wildman–Crippen MR) is 67.7 cm³/mol. The van der Waals surface area contributed by atoms with Gasteiger partial charge in [0, 0.05) is 12.7 Å². The summed E-state index contributed by atoms with van der Waals surface area (Å²) in [4.78, 5) is 13.2. The minimum atomic E-state index is -1.42. The summed E-state index contributed by atoms with van der Waals surface area (Å²) in [6.45, 7) is 2.88. The number of hydrogen-bond acceptors (Lipinski definition) is 3. The molecule has 0 bridgehead atoms. The lowest BCUT2D eigenvalue weighted by atomic mass is 10.1. The Balaban J connectivity index is 3.02. The van der Waals surface area contributed by atoms with Gasteiger partial charge in [-0.25, -0.2) is 0 Å². The number of methoxy groups -OCH3 is 1. The van der Waals surface area contributed by atoms with Crippen molar-refractivity contribution < 1.29 is 14.6 Å². The quantitative estimate of drug-likeness (QED) is 0.902. The van der Waals surface area contributed by atoms with E-state index in [2.05, 4.69) is 0 Å². The van der Waals surface area contributed by atoms with Crippen molar-refractivity contribution in [1.29, 1.82) is 0 Å². The Hall–Kier alpha value is -1.26. The molecule has 1 aromatic carbocycles. The molecular formula is C12H16ClNO3. The summed E-state index contributed by atoms with van der Waals surface area (Å²) in [6, 6.07) is 4.99. The SMILES string of the molecule is COc1ccc(N(C)C(=O)C(C)(C)O)cc1Cl. The van der Waals surface area contributed by atoms with Gasteiger partial charge in [0.1, 0.15) is 11.4 Å². The highest BCUT2D eigenvalue weighted by molar-refractivity contribution is 6.32. The molecule has 4 nitrogen and oxygen atoms in total. The molecule has 1 amide bonds. The van der Waals surface area contributed by atoms with Crippen LogP contribution in [0.5, 0.6) is 5.75 Å². The Morgan fingerprint density at radius 3 is 2.47 bits per heavy atom. The molecule has 0 aliphatic carbocycles. The van der Waals surface area contributed by atoms with Crippen molar-refractivity contribution in [2.24, 2.45) is 0 Å². The molecule has 94 valence electrons. The summed E-state index contributed by atoms with van der Waals surface area (Å²) in [5.41, 5.74) is -0.816. The Bertz CT molecular complexity index is 426. The highest BCUT2D eigenvalue weighted by Crippen LogP contribution is 2.29. The van der Waals surface area contributed by atoms with Crippen molar-refractivity contribution in [1.82, 2.24) is 0 Å². The third-order valence-electron chi connectivity index (χ3n) is 2.35. The van der Waals surface area contributed by atoms with E-state index in [-0.39, 0.29) is 0 Å².